The summed E-state index contributed by atoms with van der Waals surface area (Å²) in [4.78, 5) is 30.3. The number of carbonyl (C=O) groups excluding carboxylic acids is 2. The summed E-state index contributed by atoms with van der Waals surface area (Å²) < 4.78 is 5.31. The number of ether oxygens (including phenoxy) is 1. The van der Waals surface area contributed by atoms with Crippen molar-refractivity contribution in [2.75, 3.05) is 26.7 Å². The quantitative estimate of drug-likeness (QED) is 0.608. The van der Waals surface area contributed by atoms with Crippen LogP contribution in [0.15, 0.2) is 48.7 Å². The summed E-state index contributed by atoms with van der Waals surface area (Å²) in [5.74, 6) is 0.816. The Balaban J connectivity index is 1.26. The second-order valence-electron chi connectivity index (χ2n) is 7.84. The first-order valence-electron chi connectivity index (χ1n) is 10.5. The third-order valence-corrected chi connectivity index (χ3v) is 6.16. The van der Waals surface area contributed by atoms with Crippen molar-refractivity contribution >= 4 is 34.3 Å². The largest absolute Gasteiger partial charge is 0.497 e. The number of aromatic nitrogens is 1. The lowest BCUT2D eigenvalue weighted by atomic mass is 9.95. The molecule has 1 aromatic heterocycles. The fraction of sp³-hybridized carbons (Fsp3) is 0.333. The zero-order chi connectivity index (χ0) is 21.8. The van der Waals surface area contributed by atoms with Crippen LogP contribution in [-0.4, -0.2) is 48.4 Å². The molecule has 0 spiro atoms. The Morgan fingerprint density at radius 3 is 2.61 bits per heavy atom. The third-order valence-electron chi connectivity index (χ3n) is 5.91. The van der Waals surface area contributed by atoms with Crippen molar-refractivity contribution in [3.63, 3.8) is 0 Å². The summed E-state index contributed by atoms with van der Waals surface area (Å²) in [7, 11) is 1.65. The van der Waals surface area contributed by atoms with Crippen molar-refractivity contribution in [1.29, 1.82) is 0 Å². The maximum absolute atomic E-state index is 12.6. The molecule has 2 aromatic carbocycles. The number of rotatable bonds is 6. The Morgan fingerprint density at radius 2 is 1.90 bits per heavy atom. The fourth-order valence-electron chi connectivity index (χ4n) is 4.08. The van der Waals surface area contributed by atoms with Crippen LogP contribution in [0.4, 0.5) is 0 Å². The Bertz CT molecular complexity index is 1070. The summed E-state index contributed by atoms with van der Waals surface area (Å²) in [6, 6.07) is 12.9. The van der Waals surface area contributed by atoms with E-state index in [1.165, 1.54) is 0 Å². The molecule has 0 bridgehead atoms. The number of benzene rings is 2. The number of nitrogens with zero attached hydrogens (tertiary/aromatic N) is 1. The SMILES string of the molecule is COc1ccc2[nH]cc(CCNC(=O)C3CCN(C(=O)c4ccc(Cl)cc4)CC3)c2c1. The number of nitrogens with one attached hydrogen (secondary N) is 2. The van der Waals surface area contributed by atoms with E-state index in [0.717, 1.165) is 28.6 Å². The molecule has 2 N–H and O–H groups in total. The number of fused-ring (bicyclic) bond motifs is 1. The number of carbonyl (C=O) groups is 2. The van der Waals surface area contributed by atoms with Gasteiger partial charge in [0, 0.05) is 53.2 Å². The molecule has 31 heavy (non-hydrogen) atoms. The second kappa shape index (κ2) is 9.43. The number of amides is 2. The lowest BCUT2D eigenvalue weighted by molar-refractivity contribution is -0.126. The van der Waals surface area contributed by atoms with E-state index in [4.69, 9.17) is 16.3 Å². The van der Waals surface area contributed by atoms with E-state index in [1.54, 1.807) is 31.4 Å². The Kier molecular flexibility index (Phi) is 6.47. The molecule has 0 saturated carbocycles. The number of hydrogen-bond acceptors (Lipinski definition) is 3. The smallest absolute Gasteiger partial charge is 0.253 e. The number of aromatic amines is 1. The summed E-state index contributed by atoms with van der Waals surface area (Å²) in [6.07, 6.45) is 4.08. The molecule has 2 heterocycles. The van der Waals surface area contributed by atoms with Crippen molar-refractivity contribution in [3.8, 4) is 5.75 Å². The van der Waals surface area contributed by atoms with E-state index in [1.807, 2.05) is 29.3 Å². The van der Waals surface area contributed by atoms with E-state index < -0.39 is 0 Å². The van der Waals surface area contributed by atoms with Crippen molar-refractivity contribution < 1.29 is 14.3 Å². The van der Waals surface area contributed by atoms with Crippen LogP contribution >= 0.6 is 11.6 Å². The molecule has 162 valence electrons. The lowest BCUT2D eigenvalue weighted by Crippen LogP contribution is -2.43. The van der Waals surface area contributed by atoms with Crippen LogP contribution in [0.2, 0.25) is 5.02 Å². The molecule has 6 nitrogen and oxygen atoms in total. The first-order valence-corrected chi connectivity index (χ1v) is 10.9. The number of halogens is 1. The first kappa shape index (κ1) is 21.2. The molecule has 0 aliphatic carbocycles. The molecule has 1 fully saturated rings. The van der Waals surface area contributed by atoms with Gasteiger partial charge in [0.1, 0.15) is 5.75 Å². The van der Waals surface area contributed by atoms with Crippen LogP contribution in [0.3, 0.4) is 0 Å². The fourth-order valence-corrected chi connectivity index (χ4v) is 4.20. The second-order valence-corrected chi connectivity index (χ2v) is 8.28. The summed E-state index contributed by atoms with van der Waals surface area (Å²) in [5.41, 5.74) is 2.83. The highest BCUT2D eigenvalue weighted by atomic mass is 35.5. The highest BCUT2D eigenvalue weighted by Gasteiger charge is 2.27. The van der Waals surface area contributed by atoms with Gasteiger partial charge in [-0.05, 0) is 67.3 Å². The van der Waals surface area contributed by atoms with Gasteiger partial charge in [-0.1, -0.05) is 11.6 Å². The van der Waals surface area contributed by atoms with Gasteiger partial charge < -0.3 is 19.9 Å². The highest BCUT2D eigenvalue weighted by molar-refractivity contribution is 6.30. The van der Waals surface area contributed by atoms with Gasteiger partial charge in [-0.2, -0.15) is 0 Å². The van der Waals surface area contributed by atoms with Gasteiger partial charge in [0.25, 0.3) is 5.91 Å². The minimum atomic E-state index is -0.0580. The predicted octanol–water partition coefficient (Wildman–Crippen LogP) is 4.04. The van der Waals surface area contributed by atoms with E-state index in [2.05, 4.69) is 10.3 Å². The van der Waals surface area contributed by atoms with Gasteiger partial charge >= 0.3 is 0 Å². The van der Waals surface area contributed by atoms with Gasteiger partial charge in [-0.3, -0.25) is 9.59 Å². The average Bonchev–Trinajstić information content (AvgIpc) is 3.21. The maximum atomic E-state index is 12.6. The molecule has 1 aliphatic heterocycles. The number of hydrogen-bond donors (Lipinski definition) is 2. The first-order chi connectivity index (χ1) is 15.0. The van der Waals surface area contributed by atoms with Crippen LogP contribution in [0.1, 0.15) is 28.8 Å². The minimum absolute atomic E-state index is 0.00899. The van der Waals surface area contributed by atoms with Gasteiger partial charge in [-0.25, -0.2) is 0 Å². The summed E-state index contributed by atoms with van der Waals surface area (Å²) in [6.45, 7) is 1.75. The van der Waals surface area contributed by atoms with Crippen LogP contribution in [0, 0.1) is 5.92 Å². The highest BCUT2D eigenvalue weighted by Crippen LogP contribution is 2.24. The standard InChI is InChI=1S/C24H26ClN3O3/c1-31-20-6-7-22-21(14-20)18(15-27-22)8-11-26-23(29)16-9-12-28(13-10-16)24(30)17-2-4-19(25)5-3-17/h2-7,14-16,27H,8-13H2,1H3,(H,26,29). The van der Waals surface area contributed by atoms with E-state index in [9.17, 15) is 9.59 Å². The van der Waals surface area contributed by atoms with Crippen LogP contribution in [0.25, 0.3) is 10.9 Å². The molecule has 0 unspecified atom stereocenters. The molecule has 0 radical (unpaired) electrons. The Labute approximate surface area is 186 Å². The molecule has 0 atom stereocenters. The minimum Gasteiger partial charge on any atom is -0.497 e. The molecular weight excluding hydrogens is 414 g/mol. The van der Waals surface area contributed by atoms with Gasteiger partial charge in [0.15, 0.2) is 0 Å². The van der Waals surface area contributed by atoms with Crippen LogP contribution in [-0.2, 0) is 11.2 Å². The summed E-state index contributed by atoms with van der Waals surface area (Å²) >= 11 is 5.90. The van der Waals surface area contributed by atoms with E-state index in [-0.39, 0.29) is 17.7 Å². The molecule has 1 aliphatic rings. The Morgan fingerprint density at radius 1 is 1.16 bits per heavy atom. The molecule has 3 aromatic rings. The van der Waals surface area contributed by atoms with Crippen molar-refractivity contribution in [1.82, 2.24) is 15.2 Å². The van der Waals surface area contributed by atoms with Gasteiger partial charge in [0.05, 0.1) is 7.11 Å². The zero-order valence-electron chi connectivity index (χ0n) is 17.5. The number of H-pyrrole nitrogens is 1. The monoisotopic (exact) mass is 439 g/mol. The van der Waals surface area contributed by atoms with Crippen molar-refractivity contribution in [3.05, 3.63) is 64.8 Å². The van der Waals surface area contributed by atoms with Crippen LogP contribution < -0.4 is 10.1 Å². The van der Waals surface area contributed by atoms with Gasteiger partial charge in [-0.15, -0.1) is 0 Å². The third kappa shape index (κ3) is 4.85. The number of likely N-dealkylation sites (tertiary alicyclic amines) is 1. The number of piperidine rings is 1. The molecular formula is C24H26ClN3O3. The predicted molar refractivity (Wildman–Crippen MR) is 122 cm³/mol. The van der Waals surface area contributed by atoms with Crippen LogP contribution in [0.5, 0.6) is 5.75 Å². The molecule has 4 rings (SSSR count). The van der Waals surface area contributed by atoms with Crippen molar-refractivity contribution in [2.45, 2.75) is 19.3 Å². The lowest BCUT2D eigenvalue weighted by Gasteiger charge is -2.31. The van der Waals surface area contributed by atoms with E-state index >= 15 is 0 Å². The Hall–Kier alpha value is -2.99. The normalized spacial score (nSPS) is 14.6. The van der Waals surface area contributed by atoms with Gasteiger partial charge in [0.2, 0.25) is 5.91 Å². The molecule has 7 heteroatoms. The number of methoxy groups -OCH3 is 1. The summed E-state index contributed by atoms with van der Waals surface area (Å²) in [5, 5.41) is 4.79. The van der Waals surface area contributed by atoms with E-state index in [0.29, 0.717) is 43.1 Å². The topological polar surface area (TPSA) is 74.4 Å². The molecule has 1 saturated heterocycles. The molecule has 2 amide bonds. The van der Waals surface area contributed by atoms with Crippen molar-refractivity contribution in [2.24, 2.45) is 5.92 Å². The average molecular weight is 440 g/mol. The maximum Gasteiger partial charge on any atom is 0.253 e. The zero-order valence-corrected chi connectivity index (χ0v) is 18.2.